The van der Waals surface area contributed by atoms with Crippen molar-refractivity contribution in [2.45, 2.75) is 33.0 Å². The van der Waals surface area contributed by atoms with Gasteiger partial charge < -0.3 is 9.30 Å². The van der Waals surface area contributed by atoms with E-state index in [9.17, 15) is 22.8 Å². The Morgan fingerprint density at radius 2 is 1.90 bits per heavy atom. The van der Waals surface area contributed by atoms with E-state index in [0.29, 0.717) is 12.3 Å². The molecule has 20 heavy (non-hydrogen) atoms. The molecule has 112 valence electrons. The van der Waals surface area contributed by atoms with Crippen molar-refractivity contribution in [3.63, 3.8) is 0 Å². The van der Waals surface area contributed by atoms with E-state index in [-0.39, 0.29) is 12.5 Å². The van der Waals surface area contributed by atoms with E-state index < -0.39 is 29.3 Å². The zero-order chi connectivity index (χ0) is 15.5. The number of hydrogen-bond acceptors (Lipinski definition) is 3. The minimum atomic E-state index is -4.57. The Kier molecular flexibility index (Phi) is 4.97. The Labute approximate surface area is 114 Å². The highest BCUT2D eigenvalue weighted by Crippen LogP contribution is 2.28. The van der Waals surface area contributed by atoms with Crippen molar-refractivity contribution in [1.82, 2.24) is 4.57 Å². The Hall–Kier alpha value is -1.79. The quantitative estimate of drug-likeness (QED) is 0.801. The average Bonchev–Trinajstić information content (AvgIpc) is 2.34. The fourth-order valence-corrected chi connectivity index (χ4v) is 1.46. The van der Waals surface area contributed by atoms with Gasteiger partial charge in [-0.2, -0.15) is 13.2 Å². The summed E-state index contributed by atoms with van der Waals surface area (Å²) in [5.74, 6) is -0.635. The molecule has 1 atom stereocenters. The molecule has 0 spiro atoms. The number of carbonyl (C=O) groups is 1. The van der Waals surface area contributed by atoms with Crippen molar-refractivity contribution < 1.29 is 22.7 Å². The molecule has 1 rings (SSSR count). The minimum absolute atomic E-state index is 0.101. The van der Waals surface area contributed by atoms with E-state index in [4.69, 9.17) is 4.74 Å². The van der Waals surface area contributed by atoms with Gasteiger partial charge in [0.2, 0.25) is 0 Å². The molecule has 0 saturated heterocycles. The maximum atomic E-state index is 12.6. The molecule has 0 aliphatic rings. The maximum Gasteiger partial charge on any atom is 0.417 e. The molecule has 0 bridgehead atoms. The molecule has 0 aromatic carbocycles. The number of esters is 1. The third kappa shape index (κ3) is 4.11. The second-order valence-corrected chi connectivity index (χ2v) is 4.86. The summed E-state index contributed by atoms with van der Waals surface area (Å²) in [7, 11) is 0. The van der Waals surface area contributed by atoms with Gasteiger partial charge in [0, 0.05) is 12.3 Å². The lowest BCUT2D eigenvalue weighted by Gasteiger charge is -2.17. The fraction of sp³-hybridized carbons (Fsp3) is 0.538. The van der Waals surface area contributed by atoms with Crippen LogP contribution < -0.4 is 5.56 Å². The summed E-state index contributed by atoms with van der Waals surface area (Å²) < 4.78 is 43.4. The van der Waals surface area contributed by atoms with Crippen LogP contribution in [0.5, 0.6) is 0 Å². The molecule has 0 N–H and O–H groups in total. The summed E-state index contributed by atoms with van der Waals surface area (Å²) in [4.78, 5) is 23.3. The average molecular weight is 291 g/mol. The van der Waals surface area contributed by atoms with Gasteiger partial charge in [-0.25, -0.2) is 4.79 Å². The predicted molar refractivity (Wildman–Crippen MR) is 66.2 cm³/mol. The van der Waals surface area contributed by atoms with Gasteiger partial charge in [-0.05, 0) is 18.9 Å². The van der Waals surface area contributed by atoms with Gasteiger partial charge >= 0.3 is 12.1 Å². The van der Waals surface area contributed by atoms with E-state index in [0.717, 1.165) is 10.6 Å². The Balaban J connectivity index is 3.00. The van der Waals surface area contributed by atoms with Crippen LogP contribution in [-0.4, -0.2) is 17.1 Å². The van der Waals surface area contributed by atoms with Crippen LogP contribution >= 0.6 is 0 Å². The van der Waals surface area contributed by atoms with Crippen molar-refractivity contribution in [3.05, 3.63) is 34.2 Å². The molecule has 4 nitrogen and oxygen atoms in total. The van der Waals surface area contributed by atoms with Crippen molar-refractivity contribution in [2.24, 2.45) is 5.92 Å². The van der Waals surface area contributed by atoms with Crippen LogP contribution in [0.2, 0.25) is 0 Å². The summed E-state index contributed by atoms with van der Waals surface area (Å²) in [6, 6.07) is 0.364. The smallest absolute Gasteiger partial charge is 0.417 e. The minimum Gasteiger partial charge on any atom is -0.464 e. The van der Waals surface area contributed by atoms with Crippen LogP contribution in [0, 0.1) is 5.92 Å². The van der Waals surface area contributed by atoms with Crippen LogP contribution in [0.1, 0.15) is 32.4 Å². The van der Waals surface area contributed by atoms with Crippen LogP contribution in [0.15, 0.2) is 23.1 Å². The largest absolute Gasteiger partial charge is 0.464 e. The third-order valence-electron chi connectivity index (χ3n) is 2.58. The molecular weight excluding hydrogens is 275 g/mol. The van der Waals surface area contributed by atoms with E-state index >= 15 is 0 Å². The number of aromatic nitrogens is 1. The van der Waals surface area contributed by atoms with Crippen LogP contribution in [0.25, 0.3) is 0 Å². The van der Waals surface area contributed by atoms with Gasteiger partial charge in [0.1, 0.15) is 6.04 Å². The first-order valence-corrected chi connectivity index (χ1v) is 6.09. The van der Waals surface area contributed by atoms with Crippen molar-refractivity contribution in [1.29, 1.82) is 0 Å². The molecule has 0 saturated carbocycles. The Morgan fingerprint density at radius 1 is 1.30 bits per heavy atom. The first-order valence-electron chi connectivity index (χ1n) is 6.09. The number of rotatable bonds is 4. The van der Waals surface area contributed by atoms with Gasteiger partial charge in [0.05, 0.1) is 12.2 Å². The molecule has 0 fully saturated rings. The predicted octanol–water partition coefficient (Wildman–Crippen LogP) is 2.63. The summed E-state index contributed by atoms with van der Waals surface area (Å²) >= 11 is 0. The molecule has 7 heteroatoms. The number of carbonyl (C=O) groups excluding carboxylic acids is 1. The number of hydrogen-bond donors (Lipinski definition) is 0. The number of nitrogens with zero attached hydrogens (tertiary/aromatic N) is 1. The highest BCUT2D eigenvalue weighted by atomic mass is 19.4. The van der Waals surface area contributed by atoms with E-state index in [1.807, 2.05) is 13.8 Å². The van der Waals surface area contributed by atoms with Crippen LogP contribution in [0.3, 0.4) is 0 Å². The second-order valence-electron chi connectivity index (χ2n) is 4.86. The highest BCUT2D eigenvalue weighted by molar-refractivity contribution is 5.73. The lowest BCUT2D eigenvalue weighted by molar-refractivity contribution is -0.149. The number of alkyl halides is 3. The van der Waals surface area contributed by atoms with E-state index in [1.165, 1.54) is 6.92 Å². The number of ether oxygens (including phenoxy) is 1. The molecule has 1 aromatic heterocycles. The molecule has 1 aromatic rings. The van der Waals surface area contributed by atoms with Crippen molar-refractivity contribution in [2.75, 3.05) is 6.61 Å². The standard InChI is InChI=1S/C13H16F3NO3/c1-8(2)7-20-12(19)9(3)17-6-10(13(14,15)16)4-5-11(17)18/h4-6,8-9H,7H2,1-3H3. The normalized spacial score (nSPS) is 13.3. The van der Waals surface area contributed by atoms with E-state index in [2.05, 4.69) is 0 Å². The van der Waals surface area contributed by atoms with Crippen molar-refractivity contribution >= 4 is 5.97 Å². The monoisotopic (exact) mass is 291 g/mol. The first-order chi connectivity index (χ1) is 9.12. The van der Waals surface area contributed by atoms with Gasteiger partial charge in [0.15, 0.2) is 0 Å². The lowest BCUT2D eigenvalue weighted by atomic mass is 10.2. The van der Waals surface area contributed by atoms with Gasteiger partial charge in [0.25, 0.3) is 5.56 Å². The summed E-state index contributed by atoms with van der Waals surface area (Å²) in [6.45, 7) is 5.13. The fourth-order valence-electron chi connectivity index (χ4n) is 1.46. The van der Waals surface area contributed by atoms with Crippen LogP contribution in [0.4, 0.5) is 13.2 Å². The Morgan fingerprint density at radius 3 is 2.40 bits per heavy atom. The van der Waals surface area contributed by atoms with Crippen molar-refractivity contribution in [3.8, 4) is 0 Å². The molecule has 0 radical (unpaired) electrons. The lowest BCUT2D eigenvalue weighted by Crippen LogP contribution is -2.30. The van der Waals surface area contributed by atoms with Gasteiger partial charge in [-0.1, -0.05) is 13.8 Å². The summed E-state index contributed by atoms with van der Waals surface area (Å²) in [5.41, 5.74) is -1.67. The molecular formula is C13H16F3NO3. The van der Waals surface area contributed by atoms with E-state index in [1.54, 1.807) is 0 Å². The topological polar surface area (TPSA) is 48.3 Å². The zero-order valence-electron chi connectivity index (χ0n) is 11.4. The maximum absolute atomic E-state index is 12.6. The third-order valence-corrected chi connectivity index (χ3v) is 2.58. The first kappa shape index (κ1) is 16.3. The summed E-state index contributed by atoms with van der Waals surface area (Å²) in [6.07, 6.45) is -3.94. The summed E-state index contributed by atoms with van der Waals surface area (Å²) in [5, 5.41) is 0. The SMILES string of the molecule is CC(C)COC(=O)C(C)n1cc(C(F)(F)F)ccc1=O. The Bertz CT molecular complexity index is 534. The molecule has 0 aliphatic carbocycles. The number of halogens is 3. The van der Waals surface area contributed by atoms with Gasteiger partial charge in [-0.15, -0.1) is 0 Å². The second kappa shape index (κ2) is 6.11. The number of pyridine rings is 1. The van der Waals surface area contributed by atoms with Gasteiger partial charge in [-0.3, -0.25) is 4.79 Å². The highest BCUT2D eigenvalue weighted by Gasteiger charge is 2.32. The molecule has 1 unspecified atom stereocenters. The van der Waals surface area contributed by atoms with Crippen LogP contribution in [-0.2, 0) is 15.7 Å². The zero-order valence-corrected chi connectivity index (χ0v) is 11.4. The molecule has 1 heterocycles. The molecule has 0 amide bonds. The molecule has 0 aliphatic heterocycles.